The van der Waals surface area contributed by atoms with E-state index in [1.165, 1.54) is 12.7 Å². The molecule has 2 atom stereocenters. The van der Waals surface area contributed by atoms with E-state index in [-0.39, 0.29) is 17.8 Å². The molecule has 2 fully saturated rings. The van der Waals surface area contributed by atoms with Gasteiger partial charge in [0.15, 0.2) is 0 Å². The van der Waals surface area contributed by atoms with Gasteiger partial charge in [-0.2, -0.15) is 10.1 Å². The second-order valence-corrected chi connectivity index (χ2v) is 8.70. The van der Waals surface area contributed by atoms with Crippen molar-refractivity contribution in [2.45, 2.75) is 31.4 Å². The number of hydrogen-bond acceptors (Lipinski definition) is 7. The molecule has 1 aliphatic carbocycles. The summed E-state index contributed by atoms with van der Waals surface area (Å²) in [6, 6.07) is 10.6. The minimum atomic E-state index is -1.01. The molecule has 3 aromatic rings. The van der Waals surface area contributed by atoms with E-state index < -0.39 is 5.60 Å². The number of piperidine rings is 1. The highest BCUT2D eigenvalue weighted by molar-refractivity contribution is 5.40. The van der Waals surface area contributed by atoms with Crippen molar-refractivity contribution in [3.05, 3.63) is 60.0 Å². The first-order valence-electron chi connectivity index (χ1n) is 11.1. The van der Waals surface area contributed by atoms with Gasteiger partial charge in [-0.05, 0) is 30.5 Å². The topological polar surface area (TPSA) is 85.5 Å². The maximum atomic E-state index is 12.0. The molecular weight excluding hydrogens is 406 g/mol. The fourth-order valence-corrected chi connectivity index (χ4v) is 5.51. The molecule has 0 spiro atoms. The van der Waals surface area contributed by atoms with Crippen LogP contribution in [-0.4, -0.2) is 57.1 Å². The van der Waals surface area contributed by atoms with E-state index in [2.05, 4.69) is 38.2 Å². The van der Waals surface area contributed by atoms with Crippen LogP contribution in [0.1, 0.15) is 30.4 Å². The molecule has 5 rings (SSSR count). The van der Waals surface area contributed by atoms with Crippen LogP contribution in [0.4, 0.5) is 0 Å². The van der Waals surface area contributed by atoms with Crippen molar-refractivity contribution in [2.75, 3.05) is 27.3 Å². The second-order valence-electron chi connectivity index (χ2n) is 8.70. The third-order valence-electron chi connectivity index (χ3n) is 6.98. The summed E-state index contributed by atoms with van der Waals surface area (Å²) in [7, 11) is 3.10. The fraction of sp³-hybridized carbons (Fsp3) is 0.458. The lowest BCUT2D eigenvalue weighted by atomic mass is 9.63. The zero-order valence-electron chi connectivity index (χ0n) is 18.5. The number of hydrogen-bond donors (Lipinski definition) is 1. The molecule has 2 bridgehead atoms. The molecule has 0 radical (unpaired) electrons. The van der Waals surface area contributed by atoms with Crippen LogP contribution in [0.2, 0.25) is 0 Å². The predicted molar refractivity (Wildman–Crippen MR) is 119 cm³/mol. The average molecular weight is 436 g/mol. The van der Waals surface area contributed by atoms with Gasteiger partial charge in [-0.1, -0.05) is 24.6 Å². The smallest absolute Gasteiger partial charge is 0.319 e. The zero-order valence-corrected chi connectivity index (χ0v) is 18.5. The summed E-state index contributed by atoms with van der Waals surface area (Å²) >= 11 is 0. The molecule has 8 nitrogen and oxygen atoms in total. The van der Waals surface area contributed by atoms with Crippen LogP contribution >= 0.6 is 0 Å². The van der Waals surface area contributed by atoms with E-state index in [4.69, 9.17) is 9.47 Å². The Morgan fingerprint density at radius 3 is 2.56 bits per heavy atom. The summed E-state index contributed by atoms with van der Waals surface area (Å²) in [5.74, 6) is 0.559. The summed E-state index contributed by atoms with van der Waals surface area (Å²) in [5, 5.41) is 16.5. The number of likely N-dealkylation sites (tertiary alicyclic amines) is 1. The van der Waals surface area contributed by atoms with Crippen LogP contribution in [0.3, 0.4) is 0 Å². The number of nitrogens with zero attached hydrogens (tertiary/aromatic N) is 5. The third-order valence-corrected chi connectivity index (χ3v) is 6.98. The third kappa shape index (κ3) is 3.53. The van der Waals surface area contributed by atoms with Crippen molar-refractivity contribution in [2.24, 2.45) is 11.8 Å². The SMILES string of the molecule is COc1ncc(C2(O)C3CCCC2CN(Cc2ccccc2-n2cccn2)C3)c(OC)n1. The molecular formula is C24H29N5O3. The Balaban J connectivity index is 1.43. The molecule has 1 aromatic carbocycles. The predicted octanol–water partition coefficient (Wildman–Crippen LogP) is 2.80. The summed E-state index contributed by atoms with van der Waals surface area (Å²) in [4.78, 5) is 11.1. The minimum Gasteiger partial charge on any atom is -0.481 e. The van der Waals surface area contributed by atoms with Gasteiger partial charge in [0.2, 0.25) is 5.88 Å². The number of fused-ring (bicyclic) bond motifs is 2. The van der Waals surface area contributed by atoms with Crippen molar-refractivity contribution < 1.29 is 14.6 Å². The molecule has 1 aliphatic heterocycles. The van der Waals surface area contributed by atoms with Crippen LogP contribution in [0, 0.1) is 11.8 Å². The molecule has 2 aliphatic rings. The van der Waals surface area contributed by atoms with Crippen LogP contribution in [-0.2, 0) is 12.1 Å². The number of aliphatic hydroxyl groups is 1. The Labute approximate surface area is 187 Å². The normalized spacial score (nSPS) is 25.5. The van der Waals surface area contributed by atoms with E-state index in [0.717, 1.165) is 44.6 Å². The highest BCUT2D eigenvalue weighted by atomic mass is 16.5. The number of rotatable bonds is 6. The van der Waals surface area contributed by atoms with Gasteiger partial charge in [0.1, 0.15) is 5.60 Å². The van der Waals surface area contributed by atoms with Gasteiger partial charge in [0, 0.05) is 50.1 Å². The molecule has 1 saturated heterocycles. The minimum absolute atomic E-state index is 0.0813. The second kappa shape index (κ2) is 8.52. The first-order valence-corrected chi connectivity index (χ1v) is 11.1. The Morgan fingerprint density at radius 1 is 1.09 bits per heavy atom. The van der Waals surface area contributed by atoms with Crippen LogP contribution in [0.25, 0.3) is 5.69 Å². The maximum absolute atomic E-state index is 12.0. The number of ether oxygens (including phenoxy) is 2. The Morgan fingerprint density at radius 2 is 1.88 bits per heavy atom. The molecule has 2 unspecified atom stereocenters. The lowest BCUT2D eigenvalue weighted by Gasteiger charge is -2.53. The van der Waals surface area contributed by atoms with Gasteiger partial charge >= 0.3 is 6.01 Å². The first kappa shape index (κ1) is 20.9. The summed E-state index contributed by atoms with van der Waals surface area (Å²) in [6.07, 6.45) is 8.48. The van der Waals surface area contributed by atoms with E-state index in [1.807, 2.05) is 23.0 Å². The summed E-state index contributed by atoms with van der Waals surface area (Å²) in [6.45, 7) is 2.42. The van der Waals surface area contributed by atoms with Gasteiger partial charge in [-0.15, -0.1) is 0 Å². The molecule has 1 saturated carbocycles. The zero-order chi connectivity index (χ0) is 22.1. The molecule has 3 heterocycles. The van der Waals surface area contributed by atoms with E-state index in [1.54, 1.807) is 19.5 Å². The molecule has 1 N–H and O–H groups in total. The van der Waals surface area contributed by atoms with Crippen molar-refractivity contribution in [1.29, 1.82) is 0 Å². The van der Waals surface area contributed by atoms with Gasteiger partial charge in [0.05, 0.1) is 25.5 Å². The summed E-state index contributed by atoms with van der Waals surface area (Å²) in [5.41, 5.74) is 1.99. The maximum Gasteiger partial charge on any atom is 0.319 e. The molecule has 8 heteroatoms. The highest BCUT2D eigenvalue weighted by Gasteiger charge is 2.53. The lowest BCUT2D eigenvalue weighted by molar-refractivity contribution is -0.149. The Hall–Kier alpha value is -2.97. The van der Waals surface area contributed by atoms with Crippen LogP contribution in [0.5, 0.6) is 11.9 Å². The monoisotopic (exact) mass is 435 g/mol. The van der Waals surface area contributed by atoms with Gasteiger partial charge in [-0.3, -0.25) is 4.90 Å². The largest absolute Gasteiger partial charge is 0.481 e. The molecule has 2 aromatic heterocycles. The Kier molecular flexibility index (Phi) is 5.57. The van der Waals surface area contributed by atoms with Crippen molar-refractivity contribution in [3.8, 4) is 17.6 Å². The van der Waals surface area contributed by atoms with Gasteiger partial charge in [-0.25, -0.2) is 9.67 Å². The van der Waals surface area contributed by atoms with Gasteiger partial charge in [0.25, 0.3) is 0 Å². The highest BCUT2D eigenvalue weighted by Crippen LogP contribution is 2.51. The van der Waals surface area contributed by atoms with Crippen LogP contribution < -0.4 is 9.47 Å². The number of benzene rings is 1. The number of para-hydroxylation sites is 1. The van der Waals surface area contributed by atoms with Crippen molar-refractivity contribution in [1.82, 2.24) is 24.6 Å². The Bertz CT molecular complexity index is 1060. The first-order chi connectivity index (χ1) is 15.6. The quantitative estimate of drug-likeness (QED) is 0.637. The van der Waals surface area contributed by atoms with E-state index in [9.17, 15) is 5.11 Å². The fourth-order valence-electron chi connectivity index (χ4n) is 5.51. The van der Waals surface area contributed by atoms with Crippen molar-refractivity contribution in [3.63, 3.8) is 0 Å². The average Bonchev–Trinajstić information content (AvgIpc) is 3.34. The van der Waals surface area contributed by atoms with E-state index in [0.29, 0.717) is 11.4 Å². The standard InChI is InChI=1S/C24H29N5O3/c1-31-22-20(13-25-23(27-22)32-2)24(30)18-8-5-9-19(24)16-28(15-18)14-17-7-3-4-10-21(17)29-12-6-11-26-29/h3-4,6-7,10-13,18-19,30H,5,8-9,14-16H2,1-2H3. The number of aromatic nitrogens is 4. The molecule has 32 heavy (non-hydrogen) atoms. The lowest BCUT2D eigenvalue weighted by Crippen LogP contribution is -2.58. The molecule has 0 amide bonds. The summed E-state index contributed by atoms with van der Waals surface area (Å²) < 4.78 is 12.6. The van der Waals surface area contributed by atoms with Crippen molar-refractivity contribution >= 4 is 0 Å². The molecule has 168 valence electrons. The van der Waals surface area contributed by atoms with Crippen LogP contribution in [0.15, 0.2) is 48.9 Å². The van der Waals surface area contributed by atoms with E-state index >= 15 is 0 Å². The number of methoxy groups -OCH3 is 2. The van der Waals surface area contributed by atoms with Gasteiger partial charge < -0.3 is 14.6 Å².